The lowest BCUT2D eigenvalue weighted by Crippen LogP contribution is -2.42. The number of rotatable bonds is 5. The number of benzene rings is 1. The van der Waals surface area contributed by atoms with E-state index in [9.17, 15) is 8.42 Å². The van der Waals surface area contributed by atoms with Crippen LogP contribution in [-0.4, -0.2) is 39.7 Å². The van der Waals surface area contributed by atoms with Crippen molar-refractivity contribution in [3.63, 3.8) is 0 Å². The molecule has 24 heavy (non-hydrogen) atoms. The molecule has 0 amide bonds. The maximum atomic E-state index is 12.8. The van der Waals surface area contributed by atoms with Gasteiger partial charge in [0.05, 0.1) is 17.5 Å². The molecule has 0 saturated carbocycles. The first-order chi connectivity index (χ1) is 10.9. The second-order valence-corrected chi connectivity index (χ2v) is 14.6. The number of aryl methyl sites for hydroxylation is 1. The largest absolute Gasteiger partial charge is 0.415 e. The van der Waals surface area contributed by atoms with E-state index < -0.39 is 24.4 Å². The monoisotopic (exact) mass is 365 g/mol. The third kappa shape index (κ3) is 3.59. The average molecular weight is 366 g/mol. The highest BCUT2D eigenvalue weighted by atomic mass is 32.2. The lowest BCUT2D eigenvalue weighted by molar-refractivity contribution is 0.281. The first kappa shape index (κ1) is 19.2. The summed E-state index contributed by atoms with van der Waals surface area (Å²) in [5.74, 6) is 2.58. The molecule has 1 aromatic rings. The Morgan fingerprint density at radius 3 is 2.25 bits per heavy atom. The fraction of sp³-hybridized carbons (Fsp3) is 0.556. The van der Waals surface area contributed by atoms with Crippen molar-refractivity contribution in [2.45, 2.75) is 62.8 Å². The van der Waals surface area contributed by atoms with Crippen molar-refractivity contribution in [2.75, 3.05) is 6.61 Å². The Morgan fingerprint density at radius 1 is 1.25 bits per heavy atom. The molecule has 1 unspecified atom stereocenters. The van der Waals surface area contributed by atoms with Crippen LogP contribution in [0.1, 0.15) is 26.3 Å². The highest BCUT2D eigenvalue weighted by Gasteiger charge is 2.55. The van der Waals surface area contributed by atoms with Gasteiger partial charge in [-0.25, -0.2) is 8.42 Å². The molecule has 1 fully saturated rings. The number of terminal acetylenes is 1. The standard InChI is InChI=1S/C18H27NO3SSi/c1-8-16-17(13-22-24(6,7)18(3,4)5)19(16)23(20,21)15-11-9-14(2)10-12-15/h1,9-12,16-17H,13H2,2-7H3/t16-,17+,19?/m0/s1. The van der Waals surface area contributed by atoms with Crippen LogP contribution in [-0.2, 0) is 14.4 Å². The Hall–Kier alpha value is -1.13. The van der Waals surface area contributed by atoms with Gasteiger partial charge in [-0.05, 0) is 37.2 Å². The molecule has 0 aliphatic carbocycles. The zero-order chi connectivity index (χ0) is 18.3. The van der Waals surface area contributed by atoms with Crippen molar-refractivity contribution in [3.8, 4) is 12.3 Å². The van der Waals surface area contributed by atoms with E-state index in [1.165, 1.54) is 4.31 Å². The quantitative estimate of drug-likeness (QED) is 0.456. The van der Waals surface area contributed by atoms with E-state index in [2.05, 4.69) is 39.8 Å². The highest BCUT2D eigenvalue weighted by molar-refractivity contribution is 7.89. The molecule has 3 atom stereocenters. The molecule has 6 heteroatoms. The van der Waals surface area contributed by atoms with Crippen LogP contribution in [0.15, 0.2) is 29.2 Å². The number of hydrogen-bond donors (Lipinski definition) is 0. The van der Waals surface area contributed by atoms with Crippen molar-refractivity contribution in [1.29, 1.82) is 0 Å². The van der Waals surface area contributed by atoms with Crippen LogP contribution in [0.25, 0.3) is 0 Å². The molecule has 1 aliphatic heterocycles. The van der Waals surface area contributed by atoms with E-state index in [-0.39, 0.29) is 16.0 Å². The molecule has 1 saturated heterocycles. The van der Waals surface area contributed by atoms with Crippen molar-refractivity contribution >= 4 is 18.3 Å². The second-order valence-electron chi connectivity index (χ2n) is 7.90. The third-order valence-electron chi connectivity index (χ3n) is 5.06. The van der Waals surface area contributed by atoms with Crippen LogP contribution in [0, 0.1) is 19.3 Å². The minimum absolute atomic E-state index is 0.0776. The summed E-state index contributed by atoms with van der Waals surface area (Å²) in [5.41, 5.74) is 1.02. The van der Waals surface area contributed by atoms with Crippen molar-refractivity contribution in [2.24, 2.45) is 0 Å². The Kier molecular flexibility index (Phi) is 5.04. The summed E-state index contributed by atoms with van der Waals surface area (Å²) in [6, 6.07) is 6.16. The van der Waals surface area contributed by atoms with Gasteiger partial charge in [0.25, 0.3) is 0 Å². The van der Waals surface area contributed by atoms with Crippen LogP contribution in [0.3, 0.4) is 0 Å². The van der Waals surface area contributed by atoms with Gasteiger partial charge in [0.15, 0.2) is 8.32 Å². The summed E-state index contributed by atoms with van der Waals surface area (Å²) < 4.78 is 33.1. The lowest BCUT2D eigenvalue weighted by Gasteiger charge is -2.36. The third-order valence-corrected chi connectivity index (χ3v) is 11.5. The molecule has 0 N–H and O–H groups in total. The van der Waals surface area contributed by atoms with Gasteiger partial charge in [0.2, 0.25) is 10.0 Å². The fourth-order valence-corrected chi connectivity index (χ4v) is 5.00. The molecule has 2 rings (SSSR count). The summed E-state index contributed by atoms with van der Waals surface area (Å²) in [6.45, 7) is 13.1. The molecular formula is C18H27NO3SSi. The summed E-state index contributed by atoms with van der Waals surface area (Å²) in [5, 5.41) is 0.0776. The predicted molar refractivity (Wildman–Crippen MR) is 99.8 cm³/mol. The van der Waals surface area contributed by atoms with Crippen LogP contribution in [0.5, 0.6) is 0 Å². The second kappa shape index (κ2) is 6.30. The molecule has 0 spiro atoms. The Labute approximate surface area is 147 Å². The van der Waals surface area contributed by atoms with Gasteiger partial charge in [-0.15, -0.1) is 6.42 Å². The Bertz CT molecular complexity index is 742. The van der Waals surface area contributed by atoms with Gasteiger partial charge in [0.1, 0.15) is 6.04 Å². The van der Waals surface area contributed by atoms with Gasteiger partial charge >= 0.3 is 0 Å². The molecule has 0 bridgehead atoms. The summed E-state index contributed by atoms with van der Waals surface area (Å²) >= 11 is 0. The van der Waals surface area contributed by atoms with E-state index in [1.807, 2.05) is 6.92 Å². The van der Waals surface area contributed by atoms with E-state index in [0.29, 0.717) is 6.61 Å². The highest BCUT2D eigenvalue weighted by Crippen LogP contribution is 2.40. The maximum Gasteiger partial charge on any atom is 0.244 e. The van der Waals surface area contributed by atoms with E-state index in [1.54, 1.807) is 24.3 Å². The Morgan fingerprint density at radius 2 is 1.79 bits per heavy atom. The van der Waals surface area contributed by atoms with E-state index in [4.69, 9.17) is 10.8 Å². The van der Waals surface area contributed by atoms with Gasteiger partial charge in [0, 0.05) is 0 Å². The van der Waals surface area contributed by atoms with Gasteiger partial charge in [-0.1, -0.05) is 44.4 Å². The topological polar surface area (TPSA) is 46.4 Å². The van der Waals surface area contributed by atoms with Crippen molar-refractivity contribution in [1.82, 2.24) is 4.31 Å². The lowest BCUT2D eigenvalue weighted by atomic mass is 10.2. The van der Waals surface area contributed by atoms with Crippen LogP contribution >= 0.6 is 0 Å². The molecule has 0 radical (unpaired) electrons. The first-order valence-electron chi connectivity index (χ1n) is 8.12. The van der Waals surface area contributed by atoms with Crippen molar-refractivity contribution < 1.29 is 12.8 Å². The molecule has 4 nitrogen and oxygen atoms in total. The molecule has 132 valence electrons. The SMILES string of the molecule is C#C[C@H]1[C@@H](CO[Si](C)(C)C(C)(C)C)N1S(=O)(=O)c1ccc(C)cc1. The molecule has 1 aromatic carbocycles. The van der Waals surface area contributed by atoms with Gasteiger partial charge in [-0.2, -0.15) is 4.31 Å². The van der Waals surface area contributed by atoms with E-state index >= 15 is 0 Å². The van der Waals surface area contributed by atoms with Crippen LogP contribution in [0.2, 0.25) is 18.1 Å². The van der Waals surface area contributed by atoms with Crippen LogP contribution in [0.4, 0.5) is 0 Å². The van der Waals surface area contributed by atoms with Crippen LogP contribution < -0.4 is 0 Å². The van der Waals surface area contributed by atoms with Gasteiger partial charge in [-0.3, -0.25) is 0 Å². The fourth-order valence-electron chi connectivity index (χ4n) is 2.28. The minimum Gasteiger partial charge on any atom is -0.415 e. The molecule has 1 aliphatic rings. The Balaban J connectivity index is 2.15. The molecule has 0 aromatic heterocycles. The number of hydrogen-bond acceptors (Lipinski definition) is 3. The van der Waals surface area contributed by atoms with Gasteiger partial charge < -0.3 is 4.43 Å². The number of nitrogens with zero attached hydrogens (tertiary/aromatic N) is 1. The summed E-state index contributed by atoms with van der Waals surface area (Å²) in [4.78, 5) is 0.281. The maximum absolute atomic E-state index is 12.8. The summed E-state index contributed by atoms with van der Waals surface area (Å²) in [7, 11) is -5.51. The average Bonchev–Trinajstić information content (AvgIpc) is 3.18. The predicted octanol–water partition coefficient (Wildman–Crippen LogP) is 3.39. The molecular weight excluding hydrogens is 338 g/mol. The van der Waals surface area contributed by atoms with Crippen molar-refractivity contribution in [3.05, 3.63) is 29.8 Å². The first-order valence-corrected chi connectivity index (χ1v) is 12.5. The normalized spacial score (nSPS) is 24.5. The zero-order valence-corrected chi connectivity index (χ0v) is 17.1. The molecule has 1 heterocycles. The zero-order valence-electron chi connectivity index (χ0n) is 15.3. The summed E-state index contributed by atoms with van der Waals surface area (Å²) in [6.07, 6.45) is 5.54. The minimum atomic E-state index is -3.57. The number of sulfonamides is 1. The smallest absolute Gasteiger partial charge is 0.244 e. The van der Waals surface area contributed by atoms with E-state index in [0.717, 1.165) is 5.56 Å².